The molecule has 1 atom stereocenters. The molecule has 2 N–H and O–H groups in total. The van der Waals surface area contributed by atoms with E-state index in [1.54, 1.807) is 4.90 Å². The van der Waals surface area contributed by atoms with E-state index in [0.717, 1.165) is 12.1 Å². The van der Waals surface area contributed by atoms with E-state index in [4.69, 9.17) is 5.11 Å². The van der Waals surface area contributed by atoms with Gasteiger partial charge in [0.05, 0.1) is 12.5 Å². The number of rotatable bonds is 4. The maximum atomic E-state index is 12.0. The first-order chi connectivity index (χ1) is 9.16. The first-order valence-electron chi connectivity index (χ1n) is 6.46. The van der Waals surface area contributed by atoms with Gasteiger partial charge in [-0.2, -0.15) is 0 Å². The van der Waals surface area contributed by atoms with Gasteiger partial charge < -0.3 is 15.3 Å². The number of likely N-dealkylation sites (tertiary alicyclic amines) is 1. The lowest BCUT2D eigenvalue weighted by atomic mass is 9.98. The first kappa shape index (κ1) is 13.4. The van der Waals surface area contributed by atoms with E-state index in [2.05, 4.69) is 5.32 Å². The fourth-order valence-corrected chi connectivity index (χ4v) is 2.25. The molecule has 19 heavy (non-hydrogen) atoms. The largest absolute Gasteiger partial charge is 0.481 e. The zero-order valence-corrected chi connectivity index (χ0v) is 10.7. The van der Waals surface area contributed by atoms with E-state index < -0.39 is 11.9 Å². The van der Waals surface area contributed by atoms with Gasteiger partial charge in [-0.05, 0) is 25.0 Å². The van der Waals surface area contributed by atoms with Crippen LogP contribution in [0.3, 0.4) is 0 Å². The van der Waals surface area contributed by atoms with Crippen LogP contribution >= 0.6 is 0 Å². The second-order valence-electron chi connectivity index (χ2n) is 4.74. The van der Waals surface area contributed by atoms with Crippen LogP contribution in [-0.2, 0) is 9.59 Å². The summed E-state index contributed by atoms with van der Waals surface area (Å²) in [7, 11) is 0. The van der Waals surface area contributed by atoms with Crippen molar-refractivity contribution in [1.29, 1.82) is 0 Å². The molecule has 1 saturated heterocycles. The molecule has 102 valence electrons. The minimum atomic E-state index is -0.812. The lowest BCUT2D eigenvalue weighted by Gasteiger charge is -2.30. The van der Waals surface area contributed by atoms with Crippen LogP contribution in [0.1, 0.15) is 12.8 Å². The Morgan fingerprint density at radius 1 is 1.32 bits per heavy atom. The molecular formula is C14H18N2O3. The Morgan fingerprint density at radius 3 is 2.74 bits per heavy atom. The summed E-state index contributed by atoms with van der Waals surface area (Å²) in [6.45, 7) is 1.18. The number of aliphatic carboxylic acids is 1. The van der Waals surface area contributed by atoms with Crippen molar-refractivity contribution in [2.75, 3.05) is 25.0 Å². The molecule has 5 heteroatoms. The van der Waals surface area contributed by atoms with Gasteiger partial charge >= 0.3 is 5.97 Å². The third kappa shape index (κ3) is 3.71. The molecule has 0 unspecified atom stereocenters. The van der Waals surface area contributed by atoms with Crippen molar-refractivity contribution >= 4 is 17.6 Å². The van der Waals surface area contributed by atoms with E-state index >= 15 is 0 Å². The van der Waals surface area contributed by atoms with Gasteiger partial charge in [0.25, 0.3) is 0 Å². The molecule has 1 aliphatic heterocycles. The molecule has 1 aromatic rings. The van der Waals surface area contributed by atoms with Gasteiger partial charge in [0, 0.05) is 18.8 Å². The van der Waals surface area contributed by atoms with Crippen molar-refractivity contribution < 1.29 is 14.7 Å². The molecule has 0 aliphatic carbocycles. The van der Waals surface area contributed by atoms with Gasteiger partial charge in [0.2, 0.25) is 5.91 Å². The number of amides is 1. The number of anilines is 1. The Bertz CT molecular complexity index is 447. The number of nitrogens with zero attached hydrogens (tertiary/aromatic N) is 1. The van der Waals surface area contributed by atoms with Crippen LogP contribution in [-0.4, -0.2) is 41.5 Å². The number of hydrogen-bond acceptors (Lipinski definition) is 3. The lowest BCUT2D eigenvalue weighted by Crippen LogP contribution is -2.44. The molecule has 1 amide bonds. The van der Waals surface area contributed by atoms with Crippen molar-refractivity contribution in [2.45, 2.75) is 12.8 Å². The molecule has 0 aromatic heterocycles. The van der Waals surface area contributed by atoms with Gasteiger partial charge in [0.1, 0.15) is 0 Å². The highest BCUT2D eigenvalue weighted by molar-refractivity contribution is 5.81. The topological polar surface area (TPSA) is 69.6 Å². The summed E-state index contributed by atoms with van der Waals surface area (Å²) in [5.74, 6) is -1.28. The molecule has 0 spiro atoms. The van der Waals surface area contributed by atoms with E-state index in [9.17, 15) is 9.59 Å². The zero-order chi connectivity index (χ0) is 13.7. The highest BCUT2D eigenvalue weighted by atomic mass is 16.4. The summed E-state index contributed by atoms with van der Waals surface area (Å²) in [6.07, 6.45) is 1.42. The van der Waals surface area contributed by atoms with E-state index in [0.29, 0.717) is 19.5 Å². The molecule has 2 rings (SSSR count). The van der Waals surface area contributed by atoms with Crippen molar-refractivity contribution in [3.05, 3.63) is 30.3 Å². The average molecular weight is 262 g/mol. The molecule has 1 aromatic carbocycles. The third-order valence-electron chi connectivity index (χ3n) is 3.34. The van der Waals surface area contributed by atoms with Crippen LogP contribution in [0.5, 0.6) is 0 Å². The SMILES string of the molecule is O=C(O)[C@@H]1CCCN(C(=O)CNc2ccccc2)C1. The van der Waals surface area contributed by atoms with Gasteiger partial charge in [-0.3, -0.25) is 9.59 Å². The number of hydrogen-bond donors (Lipinski definition) is 2. The Labute approximate surface area is 112 Å². The quantitative estimate of drug-likeness (QED) is 0.861. The van der Waals surface area contributed by atoms with E-state index in [-0.39, 0.29) is 12.5 Å². The molecule has 0 bridgehead atoms. The Morgan fingerprint density at radius 2 is 2.05 bits per heavy atom. The van der Waals surface area contributed by atoms with Crippen molar-refractivity contribution in [2.24, 2.45) is 5.92 Å². The molecule has 1 heterocycles. The monoisotopic (exact) mass is 262 g/mol. The Hall–Kier alpha value is -2.04. The highest BCUT2D eigenvalue weighted by Gasteiger charge is 2.27. The summed E-state index contributed by atoms with van der Waals surface area (Å²) in [5.41, 5.74) is 0.891. The fraction of sp³-hybridized carbons (Fsp3) is 0.429. The second kappa shape index (κ2) is 6.22. The molecular weight excluding hydrogens is 244 g/mol. The van der Waals surface area contributed by atoms with Crippen LogP contribution in [0.2, 0.25) is 0 Å². The average Bonchev–Trinajstić information content (AvgIpc) is 2.46. The predicted octanol–water partition coefficient (Wildman–Crippen LogP) is 1.42. The van der Waals surface area contributed by atoms with Crippen molar-refractivity contribution in [1.82, 2.24) is 4.90 Å². The van der Waals surface area contributed by atoms with Crippen LogP contribution in [0, 0.1) is 5.92 Å². The summed E-state index contributed by atoms with van der Waals surface area (Å²) >= 11 is 0. The summed E-state index contributed by atoms with van der Waals surface area (Å²) in [6, 6.07) is 9.49. The minimum absolute atomic E-state index is 0.0465. The highest BCUT2D eigenvalue weighted by Crippen LogP contribution is 2.16. The van der Waals surface area contributed by atoms with Gasteiger partial charge in [-0.25, -0.2) is 0 Å². The second-order valence-corrected chi connectivity index (χ2v) is 4.74. The van der Waals surface area contributed by atoms with Crippen LogP contribution < -0.4 is 5.32 Å². The number of carboxylic acid groups (broad SMARTS) is 1. The molecule has 5 nitrogen and oxygen atoms in total. The maximum absolute atomic E-state index is 12.0. The predicted molar refractivity (Wildman–Crippen MR) is 71.9 cm³/mol. The van der Waals surface area contributed by atoms with E-state index in [1.807, 2.05) is 30.3 Å². The number of piperidine rings is 1. The Kier molecular flexibility index (Phi) is 4.39. The fourth-order valence-electron chi connectivity index (χ4n) is 2.25. The molecule has 0 radical (unpaired) electrons. The maximum Gasteiger partial charge on any atom is 0.308 e. The molecule has 1 fully saturated rings. The first-order valence-corrected chi connectivity index (χ1v) is 6.46. The third-order valence-corrected chi connectivity index (χ3v) is 3.34. The van der Waals surface area contributed by atoms with Crippen LogP contribution in [0.15, 0.2) is 30.3 Å². The number of para-hydroxylation sites is 1. The van der Waals surface area contributed by atoms with Gasteiger partial charge in [0.15, 0.2) is 0 Å². The summed E-state index contributed by atoms with van der Waals surface area (Å²) < 4.78 is 0. The molecule has 0 saturated carbocycles. The number of carboxylic acids is 1. The van der Waals surface area contributed by atoms with Crippen LogP contribution in [0.4, 0.5) is 5.69 Å². The number of carbonyl (C=O) groups is 2. The number of nitrogens with one attached hydrogen (secondary N) is 1. The lowest BCUT2D eigenvalue weighted by molar-refractivity contribution is -0.145. The Balaban J connectivity index is 1.84. The van der Waals surface area contributed by atoms with Crippen molar-refractivity contribution in [3.8, 4) is 0 Å². The molecule has 1 aliphatic rings. The number of benzene rings is 1. The minimum Gasteiger partial charge on any atom is -0.481 e. The summed E-state index contributed by atoms with van der Waals surface area (Å²) in [5, 5.41) is 12.0. The van der Waals surface area contributed by atoms with Crippen molar-refractivity contribution in [3.63, 3.8) is 0 Å². The van der Waals surface area contributed by atoms with Crippen LogP contribution in [0.25, 0.3) is 0 Å². The summed E-state index contributed by atoms with van der Waals surface area (Å²) in [4.78, 5) is 24.6. The standard InChI is InChI=1S/C14H18N2O3/c17-13(9-15-12-6-2-1-3-7-12)16-8-4-5-11(10-16)14(18)19/h1-3,6-7,11,15H,4-5,8-10H2,(H,18,19)/t11-/m1/s1. The smallest absolute Gasteiger partial charge is 0.308 e. The van der Waals surface area contributed by atoms with Gasteiger partial charge in [-0.15, -0.1) is 0 Å². The number of carbonyl (C=O) groups excluding carboxylic acids is 1. The normalized spacial score (nSPS) is 18.9. The van der Waals surface area contributed by atoms with Gasteiger partial charge in [-0.1, -0.05) is 18.2 Å². The van der Waals surface area contributed by atoms with E-state index in [1.165, 1.54) is 0 Å². The zero-order valence-electron chi connectivity index (χ0n) is 10.7.